The molecular formula is C11H17ClFNO. The summed E-state index contributed by atoms with van der Waals surface area (Å²) >= 11 is 0. The topological polar surface area (TPSA) is 46.2 Å². The minimum absolute atomic E-state index is 0. The summed E-state index contributed by atoms with van der Waals surface area (Å²) in [7, 11) is 0. The molecule has 0 unspecified atom stereocenters. The first-order valence-corrected chi connectivity index (χ1v) is 4.56. The van der Waals surface area contributed by atoms with Crippen LogP contribution in [0.4, 0.5) is 4.39 Å². The maximum absolute atomic E-state index is 12.9. The summed E-state index contributed by atoms with van der Waals surface area (Å²) in [5, 5.41) is 9.52. The summed E-state index contributed by atoms with van der Waals surface area (Å²) in [5.74, 6) is -0.327. The van der Waals surface area contributed by atoms with Gasteiger partial charge in [0.25, 0.3) is 0 Å². The average Bonchev–Trinajstić information content (AvgIpc) is 2.06. The Balaban J connectivity index is 0.00000196. The minimum Gasteiger partial charge on any atom is -0.508 e. The number of halogens is 2. The van der Waals surface area contributed by atoms with Gasteiger partial charge >= 0.3 is 0 Å². The van der Waals surface area contributed by atoms with Crippen LogP contribution in [0.15, 0.2) is 18.2 Å². The Hall–Kier alpha value is -0.800. The lowest BCUT2D eigenvalue weighted by Gasteiger charge is -2.27. The molecule has 1 rings (SSSR count). The lowest BCUT2D eigenvalue weighted by molar-refractivity contribution is 0.316. The standard InChI is InChI=1S/C11H16FNO.ClH/c1-11(2,3)10(13)8-6-7(12)4-5-9(8)14;/h4-6,10,14H,13H2,1-3H3;1H/t10-;/m1./s1. The van der Waals surface area contributed by atoms with Gasteiger partial charge in [-0.1, -0.05) is 20.8 Å². The molecule has 0 saturated heterocycles. The zero-order valence-corrected chi connectivity index (χ0v) is 9.94. The van der Waals surface area contributed by atoms with Crippen LogP contribution in [-0.2, 0) is 0 Å². The molecule has 0 saturated carbocycles. The van der Waals surface area contributed by atoms with E-state index in [2.05, 4.69) is 0 Å². The quantitative estimate of drug-likeness (QED) is 0.783. The number of aromatic hydroxyl groups is 1. The van der Waals surface area contributed by atoms with Crippen LogP contribution in [0.1, 0.15) is 32.4 Å². The smallest absolute Gasteiger partial charge is 0.123 e. The van der Waals surface area contributed by atoms with Crippen molar-refractivity contribution in [3.8, 4) is 5.75 Å². The van der Waals surface area contributed by atoms with Gasteiger partial charge in [-0.3, -0.25) is 0 Å². The molecule has 0 bridgehead atoms. The molecule has 2 nitrogen and oxygen atoms in total. The molecule has 1 aromatic rings. The van der Waals surface area contributed by atoms with Gasteiger partial charge in [0.05, 0.1) is 0 Å². The SMILES string of the molecule is CC(C)(C)[C@H](N)c1cc(F)ccc1O.Cl. The Morgan fingerprint density at radius 3 is 2.33 bits per heavy atom. The van der Waals surface area contributed by atoms with Crippen LogP contribution in [0.3, 0.4) is 0 Å². The Kier molecular flexibility index (Phi) is 4.56. The van der Waals surface area contributed by atoms with E-state index in [9.17, 15) is 9.50 Å². The van der Waals surface area contributed by atoms with Crippen LogP contribution in [-0.4, -0.2) is 5.11 Å². The molecule has 0 spiro atoms. The van der Waals surface area contributed by atoms with Crippen molar-refractivity contribution in [3.05, 3.63) is 29.6 Å². The average molecular weight is 234 g/mol. The number of benzene rings is 1. The van der Waals surface area contributed by atoms with Crippen LogP contribution in [0, 0.1) is 11.2 Å². The summed E-state index contributed by atoms with van der Waals surface area (Å²) in [6.07, 6.45) is 0. The normalized spacial score (nSPS) is 13.1. The molecular weight excluding hydrogens is 217 g/mol. The summed E-state index contributed by atoms with van der Waals surface area (Å²) in [6.45, 7) is 5.84. The lowest BCUT2D eigenvalue weighted by atomic mass is 9.83. The second-order valence-electron chi connectivity index (χ2n) is 4.55. The maximum atomic E-state index is 12.9. The lowest BCUT2D eigenvalue weighted by Crippen LogP contribution is -2.26. The van der Waals surface area contributed by atoms with Gasteiger partial charge in [0.1, 0.15) is 11.6 Å². The predicted octanol–water partition coefficient (Wildman–Crippen LogP) is 3.00. The molecule has 0 heterocycles. The maximum Gasteiger partial charge on any atom is 0.123 e. The first kappa shape index (κ1) is 14.2. The van der Waals surface area contributed by atoms with E-state index in [1.165, 1.54) is 18.2 Å². The first-order chi connectivity index (χ1) is 6.32. The minimum atomic E-state index is -0.377. The third-order valence-electron chi connectivity index (χ3n) is 2.26. The van der Waals surface area contributed by atoms with Crippen LogP contribution in [0.5, 0.6) is 5.75 Å². The highest BCUT2D eigenvalue weighted by Gasteiger charge is 2.24. The van der Waals surface area contributed by atoms with Crippen molar-refractivity contribution in [2.75, 3.05) is 0 Å². The highest BCUT2D eigenvalue weighted by molar-refractivity contribution is 5.85. The molecule has 0 aliphatic carbocycles. The molecule has 15 heavy (non-hydrogen) atoms. The van der Waals surface area contributed by atoms with Gasteiger partial charge in [0.2, 0.25) is 0 Å². The summed E-state index contributed by atoms with van der Waals surface area (Å²) in [5.41, 5.74) is 6.17. The monoisotopic (exact) mass is 233 g/mol. The molecule has 0 aliphatic rings. The molecule has 0 radical (unpaired) electrons. The molecule has 0 aliphatic heterocycles. The Bertz CT molecular complexity index is 336. The third-order valence-corrected chi connectivity index (χ3v) is 2.26. The van der Waals surface area contributed by atoms with Crippen molar-refractivity contribution in [1.29, 1.82) is 0 Å². The van der Waals surface area contributed by atoms with Gasteiger partial charge in [-0.2, -0.15) is 0 Å². The molecule has 86 valence electrons. The van der Waals surface area contributed by atoms with Gasteiger partial charge < -0.3 is 10.8 Å². The number of phenolic OH excluding ortho intramolecular Hbond substituents is 1. The van der Waals surface area contributed by atoms with Crippen molar-refractivity contribution < 1.29 is 9.50 Å². The molecule has 0 fully saturated rings. The fraction of sp³-hybridized carbons (Fsp3) is 0.455. The fourth-order valence-electron chi connectivity index (χ4n) is 1.24. The van der Waals surface area contributed by atoms with Crippen molar-refractivity contribution in [2.24, 2.45) is 11.1 Å². The van der Waals surface area contributed by atoms with Crippen molar-refractivity contribution >= 4 is 12.4 Å². The van der Waals surface area contributed by atoms with E-state index in [1.54, 1.807) is 0 Å². The number of hydrogen-bond acceptors (Lipinski definition) is 2. The van der Waals surface area contributed by atoms with Crippen LogP contribution >= 0.6 is 12.4 Å². The van der Waals surface area contributed by atoms with Gasteiger partial charge in [-0.15, -0.1) is 12.4 Å². The Morgan fingerprint density at radius 2 is 1.87 bits per heavy atom. The predicted molar refractivity (Wildman–Crippen MR) is 61.7 cm³/mol. The van der Waals surface area contributed by atoms with Crippen molar-refractivity contribution in [1.82, 2.24) is 0 Å². The molecule has 0 aromatic heterocycles. The summed E-state index contributed by atoms with van der Waals surface area (Å²) in [4.78, 5) is 0. The third kappa shape index (κ3) is 3.36. The molecule has 4 heteroatoms. The molecule has 0 amide bonds. The van der Waals surface area contributed by atoms with E-state index in [0.29, 0.717) is 5.56 Å². The fourth-order valence-corrected chi connectivity index (χ4v) is 1.24. The van der Waals surface area contributed by atoms with E-state index < -0.39 is 0 Å². The van der Waals surface area contributed by atoms with Crippen LogP contribution in [0.25, 0.3) is 0 Å². The molecule has 3 N–H and O–H groups in total. The zero-order chi connectivity index (χ0) is 10.9. The van der Waals surface area contributed by atoms with Crippen molar-refractivity contribution in [3.63, 3.8) is 0 Å². The van der Waals surface area contributed by atoms with Crippen LogP contribution < -0.4 is 5.73 Å². The second-order valence-corrected chi connectivity index (χ2v) is 4.55. The number of nitrogens with two attached hydrogens (primary N) is 1. The largest absolute Gasteiger partial charge is 0.508 e. The highest BCUT2D eigenvalue weighted by Crippen LogP contribution is 2.35. The van der Waals surface area contributed by atoms with E-state index in [4.69, 9.17) is 5.73 Å². The van der Waals surface area contributed by atoms with E-state index in [-0.39, 0.29) is 35.4 Å². The van der Waals surface area contributed by atoms with E-state index >= 15 is 0 Å². The summed E-state index contributed by atoms with van der Waals surface area (Å²) < 4.78 is 12.9. The Morgan fingerprint density at radius 1 is 1.33 bits per heavy atom. The van der Waals surface area contributed by atoms with E-state index in [1.807, 2.05) is 20.8 Å². The number of rotatable bonds is 1. The van der Waals surface area contributed by atoms with Gasteiger partial charge in [0, 0.05) is 11.6 Å². The number of hydrogen-bond donors (Lipinski definition) is 2. The van der Waals surface area contributed by atoms with Gasteiger partial charge in [0.15, 0.2) is 0 Å². The molecule has 1 atom stereocenters. The van der Waals surface area contributed by atoms with Gasteiger partial charge in [-0.25, -0.2) is 4.39 Å². The highest BCUT2D eigenvalue weighted by atomic mass is 35.5. The van der Waals surface area contributed by atoms with Crippen molar-refractivity contribution in [2.45, 2.75) is 26.8 Å². The molecule has 1 aromatic carbocycles. The second kappa shape index (κ2) is 4.81. The Labute approximate surface area is 95.7 Å². The zero-order valence-electron chi connectivity index (χ0n) is 9.12. The summed E-state index contributed by atoms with van der Waals surface area (Å²) in [6, 6.07) is 3.45. The van der Waals surface area contributed by atoms with E-state index in [0.717, 1.165) is 0 Å². The number of phenols is 1. The van der Waals surface area contributed by atoms with Gasteiger partial charge in [-0.05, 0) is 23.6 Å². The first-order valence-electron chi connectivity index (χ1n) is 4.56. The van der Waals surface area contributed by atoms with Crippen LogP contribution in [0.2, 0.25) is 0 Å².